The number of piperazine rings is 3. The number of likely N-dealkylation sites (tertiary alicyclic amines) is 2. The van der Waals surface area contributed by atoms with Crippen LogP contribution in [0.5, 0.6) is 17.2 Å². The van der Waals surface area contributed by atoms with Crippen LogP contribution in [-0.2, 0) is 19.0 Å². The van der Waals surface area contributed by atoms with E-state index in [-0.39, 0.29) is 24.2 Å². The Kier molecular flexibility index (Phi) is 24.6. The average Bonchev–Trinajstić information content (AvgIpc) is 1.63. The highest BCUT2D eigenvalue weighted by molar-refractivity contribution is 5.88. The zero-order valence-electron chi connectivity index (χ0n) is 67.0. The second-order valence-electron chi connectivity index (χ2n) is 31.8. The summed E-state index contributed by atoms with van der Waals surface area (Å²) in [6, 6.07) is 54.9. The molecule has 19 rings (SSSR count). The molecule has 0 spiro atoms. The van der Waals surface area contributed by atoms with E-state index >= 15 is 0 Å². The first-order chi connectivity index (χ1) is 58.8. The molecule has 31 heteroatoms. The van der Waals surface area contributed by atoms with Gasteiger partial charge in [-0.3, -0.25) is 19.5 Å². The molecule has 120 heavy (non-hydrogen) atoms. The van der Waals surface area contributed by atoms with Gasteiger partial charge in [-0.05, 0) is 171 Å². The van der Waals surface area contributed by atoms with E-state index in [4.69, 9.17) is 34.2 Å². The number of urea groups is 1. The molecule has 0 radical (unpaired) electrons. The fourth-order valence-electron chi connectivity index (χ4n) is 16.3. The Morgan fingerprint density at radius 2 is 0.783 bits per heavy atom. The fourth-order valence-corrected chi connectivity index (χ4v) is 16.3. The summed E-state index contributed by atoms with van der Waals surface area (Å²) in [4.78, 5) is 69.3. The van der Waals surface area contributed by atoms with E-state index in [0.29, 0.717) is 150 Å². The van der Waals surface area contributed by atoms with Gasteiger partial charge in [0.05, 0.1) is 87.5 Å². The largest absolute Gasteiger partial charge is 0.488 e. The summed E-state index contributed by atoms with van der Waals surface area (Å²) in [7, 11) is 0. The van der Waals surface area contributed by atoms with Crippen LogP contribution < -0.4 is 55.9 Å². The van der Waals surface area contributed by atoms with Gasteiger partial charge in [-0.25, -0.2) is 34.7 Å². The van der Waals surface area contributed by atoms with Gasteiger partial charge in [-0.2, -0.15) is 15.8 Å². The number of rotatable bonds is 22. The normalized spacial score (nSPS) is 20.6. The summed E-state index contributed by atoms with van der Waals surface area (Å²) in [6.45, 7) is 21.4. The van der Waals surface area contributed by atoms with Gasteiger partial charge in [-0.15, -0.1) is 0 Å². The number of nitriles is 3. The molecule has 3 amide bonds. The van der Waals surface area contributed by atoms with Crippen molar-refractivity contribution in [3.05, 3.63) is 181 Å². The molecule has 12 heterocycles. The minimum absolute atomic E-state index is 0.0974. The highest BCUT2D eigenvalue weighted by Gasteiger charge is 2.51. The molecule has 9 aromatic rings. The Bertz CT molecular complexity index is 5200. The Balaban J connectivity index is 0.000000129. The van der Waals surface area contributed by atoms with Crippen LogP contribution in [0, 0.1) is 34.0 Å². The fraction of sp³-hybridized carbons (Fsp3) is 0.404. The molecular formula is C89H98N22O9. The van der Waals surface area contributed by atoms with Crippen molar-refractivity contribution < 1.29 is 43.1 Å². The molecule has 1 saturated carbocycles. The molecule has 0 unspecified atom stereocenters. The lowest BCUT2D eigenvalue weighted by Crippen LogP contribution is -2.56. The van der Waals surface area contributed by atoms with E-state index in [1.807, 2.05) is 42.5 Å². The molecule has 618 valence electrons. The summed E-state index contributed by atoms with van der Waals surface area (Å²) in [5.41, 5.74) is 14.1. The predicted molar refractivity (Wildman–Crippen MR) is 453 cm³/mol. The summed E-state index contributed by atoms with van der Waals surface area (Å²) >= 11 is 0. The summed E-state index contributed by atoms with van der Waals surface area (Å²) in [5, 5.41) is 52.8. The van der Waals surface area contributed by atoms with E-state index < -0.39 is 11.6 Å². The van der Waals surface area contributed by atoms with Gasteiger partial charge < -0.3 is 85.0 Å². The molecular weight excluding hydrogens is 1520 g/mol. The van der Waals surface area contributed by atoms with Crippen LogP contribution in [0.25, 0.3) is 34.2 Å². The Morgan fingerprint density at radius 1 is 0.442 bits per heavy atom. The van der Waals surface area contributed by atoms with Gasteiger partial charge in [0.2, 0.25) is 0 Å². The smallest absolute Gasteiger partial charge is 0.314 e. The van der Waals surface area contributed by atoms with Crippen LogP contribution in [0.4, 0.5) is 56.4 Å². The third kappa shape index (κ3) is 19.3. The summed E-state index contributed by atoms with van der Waals surface area (Å²) in [6.07, 6.45) is 8.09. The van der Waals surface area contributed by atoms with Crippen molar-refractivity contribution in [1.29, 1.82) is 15.8 Å². The first-order valence-electron chi connectivity index (χ1n) is 41.5. The van der Waals surface area contributed by atoms with E-state index in [9.17, 15) is 30.5 Å². The van der Waals surface area contributed by atoms with Crippen LogP contribution in [-0.4, -0.2) is 271 Å². The van der Waals surface area contributed by atoms with E-state index in [2.05, 4.69) is 172 Å². The van der Waals surface area contributed by atoms with Crippen molar-refractivity contribution in [2.45, 2.75) is 74.1 Å². The lowest BCUT2D eigenvalue weighted by atomic mass is 10.1. The molecule has 3 aromatic heterocycles. The molecule has 10 aliphatic rings. The topological polar surface area (TPSA) is 359 Å². The summed E-state index contributed by atoms with van der Waals surface area (Å²) in [5.74, 6) is 4.88. The van der Waals surface area contributed by atoms with Crippen molar-refractivity contribution in [1.82, 2.24) is 59.7 Å². The SMILES string of the molecule is N#Cc1cc(-c2nccc(Nc3ccc(N4CCN(C5COC5)CC4)cc3)n2)ccc1O[C@@H]1CCN(C(=O)C2(O)CC2)C1.N#Cc1cc(-c2nccc(Nc3ccc(N4CCN(C5COC5)CC4)cc3)n2)ccc1O[C@@H]1CCN(C(N)=O)C1.N#Cc1cc(-c2nccc(Nc3ccc(N4CCN(C5COC5)CC4)cc3)n2)ccc1O[C@@H]1CCNC1. The quantitative estimate of drug-likeness (QED) is 0.0369. The minimum Gasteiger partial charge on any atom is -0.488 e. The van der Waals surface area contributed by atoms with Crippen LogP contribution >= 0.6 is 0 Å². The maximum absolute atomic E-state index is 12.5. The Hall–Kier alpha value is -12.4. The Labute approximate surface area is 697 Å². The second-order valence-corrected chi connectivity index (χ2v) is 31.8. The number of hydrogen-bond donors (Lipinski definition) is 6. The molecule has 0 bridgehead atoms. The van der Waals surface area contributed by atoms with Crippen LogP contribution in [0.3, 0.4) is 0 Å². The van der Waals surface area contributed by atoms with Crippen molar-refractivity contribution in [2.75, 3.05) is 188 Å². The maximum Gasteiger partial charge on any atom is 0.314 e. The minimum atomic E-state index is -1.18. The summed E-state index contributed by atoms with van der Waals surface area (Å²) < 4.78 is 34.2. The number of aromatic nitrogens is 6. The number of nitrogens with two attached hydrogens (primary N) is 1. The zero-order chi connectivity index (χ0) is 81.9. The molecule has 6 aromatic carbocycles. The molecule has 9 aliphatic heterocycles. The number of nitrogens with one attached hydrogen (secondary N) is 4. The Morgan fingerprint density at radius 3 is 1.08 bits per heavy atom. The molecule has 3 atom stereocenters. The lowest BCUT2D eigenvalue weighted by molar-refractivity contribution is -0.141. The number of anilines is 9. The number of ether oxygens (including phenoxy) is 6. The number of primary amides is 1. The zero-order valence-corrected chi connectivity index (χ0v) is 67.0. The first-order valence-corrected chi connectivity index (χ1v) is 41.5. The van der Waals surface area contributed by atoms with Gasteiger partial charge in [0.15, 0.2) is 17.5 Å². The number of aliphatic hydroxyl groups is 1. The van der Waals surface area contributed by atoms with Gasteiger partial charge in [0.25, 0.3) is 5.91 Å². The molecule has 10 fully saturated rings. The van der Waals surface area contributed by atoms with Crippen molar-refractivity contribution in [3.63, 3.8) is 0 Å². The van der Waals surface area contributed by atoms with E-state index in [0.717, 1.165) is 160 Å². The number of nitrogens with zero attached hydrogens (tertiary/aromatic N) is 17. The molecule has 7 N–H and O–H groups in total. The number of hydrogen-bond acceptors (Lipinski definition) is 28. The molecule has 31 nitrogen and oxygen atoms in total. The average molecular weight is 1620 g/mol. The molecule has 1 aliphatic carbocycles. The highest BCUT2D eigenvalue weighted by Crippen LogP contribution is 2.39. The van der Waals surface area contributed by atoms with Crippen LogP contribution in [0.15, 0.2) is 164 Å². The second kappa shape index (κ2) is 36.9. The molecule has 9 saturated heterocycles. The van der Waals surface area contributed by atoms with Crippen molar-refractivity contribution in [3.8, 4) is 69.6 Å². The van der Waals surface area contributed by atoms with Gasteiger partial charge >= 0.3 is 6.03 Å². The van der Waals surface area contributed by atoms with Gasteiger partial charge in [0.1, 0.15) is 76.8 Å². The third-order valence-electron chi connectivity index (χ3n) is 23.8. The lowest BCUT2D eigenvalue weighted by Gasteiger charge is -2.43. The predicted octanol–water partition coefficient (Wildman–Crippen LogP) is 8.62. The number of benzene rings is 6. The van der Waals surface area contributed by atoms with Crippen molar-refractivity contribution in [2.24, 2.45) is 5.73 Å². The maximum atomic E-state index is 12.5. The standard InChI is InChI=1S/C32H35N7O4.C29H32N8O3.C28H31N7O2/c33-18-23-17-22(1-6-28(23)43-27-8-12-39(19-27)31(40)32(41)9-10-32)30-34-11-7-29(36-30)35-24-2-4-25(5-3-24)37-13-15-38(16-14-37)26-20-42-21-26;30-16-21-15-20(1-6-26(21)40-25-8-10-37(17-25)29(31)38)28-32-9-7-27(34-28)33-22-2-4-23(5-3-22)35-11-13-36(14-12-35)24-18-39-19-24;29-16-21-15-20(1-6-26(21)37-25-7-9-30-17-25)28-31-10-8-27(33-28)32-22-2-4-23(5-3-22)34-11-13-35(14-12-34)24-18-36-19-24/h1-7,11,17,26-27,41H,8-10,12-16,19-21H2,(H,34,35,36);1-7,9,15,24-25H,8,10-14,17-19H2,(H2,31,38)(H,32,33,34);1-6,8,10,15,24-25,30H,7,9,11-14,17-19H2,(H,31,32,33)/t27-;2*25-/m111/s1. The third-order valence-corrected chi connectivity index (χ3v) is 23.8. The first kappa shape index (κ1) is 80.1. The van der Waals surface area contributed by atoms with Crippen molar-refractivity contribution >= 4 is 63.5 Å². The highest BCUT2D eigenvalue weighted by atomic mass is 16.5. The van der Waals surface area contributed by atoms with E-state index in [1.165, 1.54) is 22.0 Å². The number of carbonyl (C=O) groups excluding carboxylic acids is 2. The number of carbonyl (C=O) groups is 2. The van der Waals surface area contributed by atoms with Gasteiger partial charge in [-0.1, -0.05) is 0 Å². The van der Waals surface area contributed by atoms with Crippen LogP contribution in [0.2, 0.25) is 0 Å². The number of amides is 3. The van der Waals surface area contributed by atoms with Crippen LogP contribution in [0.1, 0.15) is 48.8 Å². The van der Waals surface area contributed by atoms with E-state index in [1.54, 1.807) is 53.8 Å². The van der Waals surface area contributed by atoms with Gasteiger partial charge in [0, 0.05) is 180 Å². The monoisotopic (exact) mass is 1620 g/mol.